The summed E-state index contributed by atoms with van der Waals surface area (Å²) in [6.45, 7) is 2.41. The molecule has 1 unspecified atom stereocenters. The lowest BCUT2D eigenvalue weighted by molar-refractivity contribution is -0.141. The summed E-state index contributed by atoms with van der Waals surface area (Å²) in [5.74, 6) is 0.120. The molecule has 1 heterocycles. The summed E-state index contributed by atoms with van der Waals surface area (Å²) in [7, 11) is 1.42. The summed E-state index contributed by atoms with van der Waals surface area (Å²) >= 11 is 0. The van der Waals surface area contributed by atoms with Crippen LogP contribution in [0, 0.1) is 11.7 Å². The number of methoxy groups -OCH3 is 1. The number of halogens is 1. The summed E-state index contributed by atoms with van der Waals surface area (Å²) in [4.78, 5) is 13.4. The monoisotopic (exact) mass is 309 g/mol. The summed E-state index contributed by atoms with van der Waals surface area (Å²) in [6.07, 6.45) is 2.84. The molecule has 1 atom stereocenters. The number of nitrogens with zero attached hydrogens (tertiary/aromatic N) is 1. The van der Waals surface area contributed by atoms with Crippen molar-refractivity contribution >= 4 is 5.97 Å². The fourth-order valence-corrected chi connectivity index (χ4v) is 2.92. The Morgan fingerprint density at radius 3 is 2.59 bits per heavy atom. The Morgan fingerprint density at radius 1 is 1.36 bits per heavy atom. The third-order valence-electron chi connectivity index (χ3n) is 4.38. The first-order chi connectivity index (χ1) is 10.6. The molecular weight excluding hydrogens is 285 g/mol. The summed E-state index contributed by atoms with van der Waals surface area (Å²) < 4.78 is 17.5. The fourth-order valence-electron chi connectivity index (χ4n) is 2.92. The number of hydrogen-bond donors (Lipinski definition) is 1. The number of piperidine rings is 1. The molecule has 1 N–H and O–H groups in total. The smallest absolute Gasteiger partial charge is 0.305 e. The normalized spacial score (nSPS) is 18.1. The van der Waals surface area contributed by atoms with Crippen LogP contribution in [-0.4, -0.2) is 42.7 Å². The number of aliphatic hydroxyl groups excluding tert-OH is 1. The molecule has 1 aliphatic rings. The molecule has 122 valence electrons. The Kier molecular flexibility index (Phi) is 6.34. The van der Waals surface area contributed by atoms with Crippen LogP contribution in [0.5, 0.6) is 0 Å². The fraction of sp³-hybridized carbons (Fsp3) is 0.588. The largest absolute Gasteiger partial charge is 0.469 e. The first-order valence-corrected chi connectivity index (χ1v) is 7.81. The van der Waals surface area contributed by atoms with Crippen LogP contribution in [0.4, 0.5) is 4.39 Å². The molecule has 0 bridgehead atoms. The third kappa shape index (κ3) is 5.07. The van der Waals surface area contributed by atoms with Gasteiger partial charge in [0.15, 0.2) is 0 Å². The van der Waals surface area contributed by atoms with E-state index in [4.69, 9.17) is 0 Å². The Hall–Kier alpha value is -1.46. The van der Waals surface area contributed by atoms with Crippen LogP contribution in [0.3, 0.4) is 0 Å². The lowest BCUT2D eigenvalue weighted by Crippen LogP contribution is -2.36. The average molecular weight is 309 g/mol. The molecule has 0 amide bonds. The van der Waals surface area contributed by atoms with Gasteiger partial charge in [-0.2, -0.15) is 0 Å². The predicted molar refractivity (Wildman–Crippen MR) is 81.8 cm³/mol. The number of benzene rings is 1. The van der Waals surface area contributed by atoms with Crippen molar-refractivity contribution in [1.29, 1.82) is 0 Å². The van der Waals surface area contributed by atoms with Crippen LogP contribution in [0.25, 0.3) is 0 Å². The zero-order chi connectivity index (χ0) is 15.9. The maximum absolute atomic E-state index is 12.9. The van der Waals surface area contributed by atoms with Crippen molar-refractivity contribution in [2.45, 2.75) is 31.8 Å². The van der Waals surface area contributed by atoms with E-state index in [1.54, 1.807) is 12.1 Å². The number of rotatable bonds is 6. The molecule has 1 aliphatic heterocycles. The minimum absolute atomic E-state index is 0.144. The van der Waals surface area contributed by atoms with Crippen LogP contribution < -0.4 is 0 Å². The van der Waals surface area contributed by atoms with Gasteiger partial charge >= 0.3 is 5.97 Å². The number of β-amino-alcohol motifs (C(OH)–C–C–N with tert-alkyl or cyclic N) is 1. The Morgan fingerprint density at radius 2 is 2.00 bits per heavy atom. The van der Waals surface area contributed by atoms with Crippen molar-refractivity contribution < 1.29 is 19.0 Å². The molecule has 22 heavy (non-hydrogen) atoms. The number of esters is 1. The molecule has 0 spiro atoms. The Labute approximate surface area is 130 Å². The Balaban J connectivity index is 1.72. The molecule has 1 aromatic carbocycles. The maximum Gasteiger partial charge on any atom is 0.305 e. The molecule has 0 saturated carbocycles. The number of hydrogen-bond acceptors (Lipinski definition) is 4. The van der Waals surface area contributed by atoms with Crippen LogP contribution in [0.2, 0.25) is 0 Å². The van der Waals surface area contributed by atoms with Gasteiger partial charge in [0.1, 0.15) is 5.82 Å². The van der Waals surface area contributed by atoms with Crippen molar-refractivity contribution in [3.63, 3.8) is 0 Å². The summed E-state index contributed by atoms with van der Waals surface area (Å²) in [5.41, 5.74) is 0.745. The van der Waals surface area contributed by atoms with E-state index in [1.807, 2.05) is 0 Å². The third-order valence-corrected chi connectivity index (χ3v) is 4.38. The van der Waals surface area contributed by atoms with Gasteiger partial charge in [0, 0.05) is 13.0 Å². The maximum atomic E-state index is 12.9. The summed E-state index contributed by atoms with van der Waals surface area (Å²) in [5, 5.41) is 10.2. The number of ether oxygens (including phenoxy) is 1. The lowest BCUT2D eigenvalue weighted by Gasteiger charge is -2.33. The highest BCUT2D eigenvalue weighted by Crippen LogP contribution is 2.24. The van der Waals surface area contributed by atoms with Gasteiger partial charge in [-0.3, -0.25) is 4.79 Å². The van der Waals surface area contributed by atoms with E-state index in [-0.39, 0.29) is 11.8 Å². The van der Waals surface area contributed by atoms with Gasteiger partial charge in [0.2, 0.25) is 0 Å². The number of likely N-dealkylation sites (tertiary alicyclic amines) is 1. The molecule has 5 heteroatoms. The van der Waals surface area contributed by atoms with E-state index in [0.717, 1.165) is 37.9 Å². The van der Waals surface area contributed by atoms with Crippen LogP contribution >= 0.6 is 0 Å². The van der Waals surface area contributed by atoms with Crippen molar-refractivity contribution in [3.8, 4) is 0 Å². The van der Waals surface area contributed by atoms with E-state index in [0.29, 0.717) is 18.9 Å². The molecular formula is C17H24FNO3. The van der Waals surface area contributed by atoms with Crippen LogP contribution in [0.15, 0.2) is 24.3 Å². The van der Waals surface area contributed by atoms with E-state index < -0.39 is 6.10 Å². The predicted octanol–water partition coefficient (Wildman–Crippen LogP) is 2.52. The standard InChI is InChI=1S/C17H24FNO3/c1-22-17(21)7-2-13-8-10-19(11-9-13)12-16(20)14-3-5-15(18)6-4-14/h3-6,13,16,20H,2,7-12H2,1H3. The summed E-state index contributed by atoms with van der Waals surface area (Å²) in [6, 6.07) is 6.00. The average Bonchev–Trinajstić information content (AvgIpc) is 2.54. The van der Waals surface area contributed by atoms with E-state index >= 15 is 0 Å². The number of carbonyl (C=O) groups is 1. The first-order valence-electron chi connectivity index (χ1n) is 7.81. The van der Waals surface area contributed by atoms with Gasteiger partial charge in [-0.15, -0.1) is 0 Å². The van der Waals surface area contributed by atoms with E-state index in [1.165, 1.54) is 19.2 Å². The highest BCUT2D eigenvalue weighted by atomic mass is 19.1. The van der Waals surface area contributed by atoms with Gasteiger partial charge < -0.3 is 14.7 Å². The minimum Gasteiger partial charge on any atom is -0.469 e. The lowest BCUT2D eigenvalue weighted by atomic mass is 9.92. The Bertz CT molecular complexity index is 469. The molecule has 1 saturated heterocycles. The minimum atomic E-state index is -0.591. The zero-order valence-electron chi connectivity index (χ0n) is 13.0. The molecule has 1 aromatic rings. The quantitative estimate of drug-likeness (QED) is 0.820. The molecule has 0 aromatic heterocycles. The van der Waals surface area contributed by atoms with Gasteiger partial charge in [0.05, 0.1) is 13.2 Å². The van der Waals surface area contributed by atoms with Gasteiger partial charge in [0.25, 0.3) is 0 Å². The highest BCUT2D eigenvalue weighted by Gasteiger charge is 2.22. The number of carbonyl (C=O) groups excluding carboxylic acids is 1. The van der Waals surface area contributed by atoms with Gasteiger partial charge in [-0.05, 0) is 56.0 Å². The number of aliphatic hydroxyl groups is 1. The molecule has 4 nitrogen and oxygen atoms in total. The molecule has 0 aliphatic carbocycles. The van der Waals surface area contributed by atoms with E-state index in [9.17, 15) is 14.3 Å². The topological polar surface area (TPSA) is 49.8 Å². The van der Waals surface area contributed by atoms with E-state index in [2.05, 4.69) is 9.64 Å². The van der Waals surface area contributed by atoms with Crippen molar-refractivity contribution in [3.05, 3.63) is 35.6 Å². The van der Waals surface area contributed by atoms with Crippen molar-refractivity contribution in [2.24, 2.45) is 5.92 Å². The second kappa shape index (κ2) is 8.25. The first kappa shape index (κ1) is 16.9. The SMILES string of the molecule is COC(=O)CCC1CCN(CC(O)c2ccc(F)cc2)CC1. The molecule has 0 radical (unpaired) electrons. The van der Waals surface area contributed by atoms with Crippen molar-refractivity contribution in [1.82, 2.24) is 4.90 Å². The van der Waals surface area contributed by atoms with Crippen LogP contribution in [0.1, 0.15) is 37.4 Å². The highest BCUT2D eigenvalue weighted by molar-refractivity contribution is 5.69. The zero-order valence-corrected chi connectivity index (χ0v) is 13.0. The van der Waals surface area contributed by atoms with Gasteiger partial charge in [-0.1, -0.05) is 12.1 Å². The second-order valence-electron chi connectivity index (χ2n) is 5.93. The van der Waals surface area contributed by atoms with Crippen molar-refractivity contribution in [2.75, 3.05) is 26.7 Å². The molecule has 1 fully saturated rings. The molecule has 2 rings (SSSR count). The van der Waals surface area contributed by atoms with Crippen LogP contribution in [-0.2, 0) is 9.53 Å². The van der Waals surface area contributed by atoms with Gasteiger partial charge in [-0.25, -0.2) is 4.39 Å². The second-order valence-corrected chi connectivity index (χ2v) is 5.93.